The molecule has 1 N–H and O–H groups in total. The van der Waals surface area contributed by atoms with E-state index in [0.717, 1.165) is 29.0 Å². The molecule has 6 nitrogen and oxygen atoms in total. The highest BCUT2D eigenvalue weighted by Crippen LogP contribution is 2.48. The fraction of sp³-hybridized carbons (Fsp3) is 0.304. The zero-order valence-corrected chi connectivity index (χ0v) is 18.0. The van der Waals surface area contributed by atoms with Crippen LogP contribution in [0.15, 0.2) is 42.5 Å². The Bertz CT molecular complexity index is 1180. The lowest BCUT2D eigenvalue weighted by atomic mass is 9.75. The third-order valence-corrected chi connectivity index (χ3v) is 6.47. The average Bonchev–Trinajstić information content (AvgIpc) is 2.98. The van der Waals surface area contributed by atoms with Crippen molar-refractivity contribution in [1.29, 1.82) is 5.26 Å². The van der Waals surface area contributed by atoms with Crippen LogP contribution in [0.5, 0.6) is 0 Å². The lowest BCUT2D eigenvalue weighted by molar-refractivity contribution is -0.138. The van der Waals surface area contributed by atoms with Gasteiger partial charge in [-0.15, -0.1) is 0 Å². The number of aryl methyl sites for hydroxylation is 1. The highest BCUT2D eigenvalue weighted by atomic mass is 32.1. The molecule has 1 aliphatic heterocycles. The van der Waals surface area contributed by atoms with Crippen molar-refractivity contribution in [3.8, 4) is 6.07 Å². The summed E-state index contributed by atoms with van der Waals surface area (Å²) in [6.45, 7) is 0. The van der Waals surface area contributed by atoms with Gasteiger partial charge in [0.25, 0.3) is 5.91 Å². The summed E-state index contributed by atoms with van der Waals surface area (Å²) >= 11 is 5.58. The molecule has 1 aliphatic carbocycles. The number of aliphatic carboxylic acids is 1. The van der Waals surface area contributed by atoms with Gasteiger partial charge in [-0.25, -0.2) is 0 Å². The number of alkyl halides is 3. The minimum atomic E-state index is -4.76. The predicted molar refractivity (Wildman–Crippen MR) is 118 cm³/mol. The number of anilines is 2. The SMILES string of the molecule is N#Cc1ccc(N2C(=O)C3(CCC3)N(c3ccc(CCC(=O)O)cc3)C2=S)cc1C(F)(F)F. The third-order valence-electron chi connectivity index (χ3n) is 6.10. The Morgan fingerprint density at radius 3 is 2.30 bits per heavy atom. The number of thiocarbonyl (C=S) groups is 1. The second-order valence-electron chi connectivity index (χ2n) is 8.04. The van der Waals surface area contributed by atoms with E-state index in [0.29, 0.717) is 24.9 Å². The van der Waals surface area contributed by atoms with E-state index in [2.05, 4.69) is 0 Å². The van der Waals surface area contributed by atoms with Crippen LogP contribution in [0.25, 0.3) is 0 Å². The molecule has 2 fully saturated rings. The van der Waals surface area contributed by atoms with Crippen LogP contribution in [-0.4, -0.2) is 27.6 Å². The molecule has 10 heteroatoms. The number of nitrogens with zero attached hydrogens (tertiary/aromatic N) is 3. The standard InChI is InChI=1S/C23H18F3N3O3S/c24-23(25,26)18-12-17(8-5-15(18)13-27)28-20(32)22(10-1-11-22)29(21(28)33)16-6-2-14(3-7-16)4-9-19(30)31/h2-3,5-8,12H,1,4,9-11H2,(H,30,31). The largest absolute Gasteiger partial charge is 0.481 e. The van der Waals surface area contributed by atoms with Crippen LogP contribution < -0.4 is 9.80 Å². The van der Waals surface area contributed by atoms with Gasteiger partial charge in [0.1, 0.15) is 5.54 Å². The molecule has 2 aliphatic rings. The van der Waals surface area contributed by atoms with Crippen LogP contribution in [0.3, 0.4) is 0 Å². The van der Waals surface area contributed by atoms with E-state index in [1.165, 1.54) is 12.1 Å². The number of carbonyl (C=O) groups excluding carboxylic acids is 1. The van der Waals surface area contributed by atoms with Crippen LogP contribution in [0, 0.1) is 11.3 Å². The molecule has 1 heterocycles. The smallest absolute Gasteiger partial charge is 0.417 e. The van der Waals surface area contributed by atoms with E-state index in [4.69, 9.17) is 22.6 Å². The lowest BCUT2D eigenvalue weighted by Crippen LogP contribution is -2.55. The summed E-state index contributed by atoms with van der Waals surface area (Å²) in [5, 5.41) is 18.0. The number of halogens is 3. The first kappa shape index (κ1) is 22.7. The van der Waals surface area contributed by atoms with Crippen molar-refractivity contribution >= 4 is 40.6 Å². The average molecular weight is 473 g/mol. The molecule has 4 rings (SSSR count). The Morgan fingerprint density at radius 1 is 1.15 bits per heavy atom. The van der Waals surface area contributed by atoms with Crippen molar-refractivity contribution in [3.63, 3.8) is 0 Å². The normalized spacial score (nSPS) is 17.3. The molecule has 2 aromatic rings. The van der Waals surface area contributed by atoms with Crippen LogP contribution >= 0.6 is 12.2 Å². The minimum absolute atomic E-state index is 0.0160. The van der Waals surface area contributed by atoms with Gasteiger partial charge in [0.15, 0.2) is 5.11 Å². The maximum atomic E-state index is 13.5. The fourth-order valence-corrected chi connectivity index (χ4v) is 4.74. The number of benzene rings is 2. The topological polar surface area (TPSA) is 84.6 Å². The highest BCUT2D eigenvalue weighted by Gasteiger charge is 2.59. The van der Waals surface area contributed by atoms with Crippen molar-refractivity contribution in [1.82, 2.24) is 0 Å². The molecule has 0 unspecified atom stereocenters. The molecule has 0 bridgehead atoms. The summed E-state index contributed by atoms with van der Waals surface area (Å²) in [6.07, 6.45) is -2.64. The fourth-order valence-electron chi connectivity index (χ4n) is 4.27. The molecule has 1 saturated heterocycles. The van der Waals surface area contributed by atoms with E-state index in [-0.39, 0.29) is 17.2 Å². The van der Waals surface area contributed by atoms with Gasteiger partial charge >= 0.3 is 12.1 Å². The second-order valence-corrected chi connectivity index (χ2v) is 8.41. The first-order valence-corrected chi connectivity index (χ1v) is 10.6. The van der Waals surface area contributed by atoms with E-state index in [1.54, 1.807) is 29.2 Å². The minimum Gasteiger partial charge on any atom is -0.481 e. The van der Waals surface area contributed by atoms with Crippen molar-refractivity contribution < 1.29 is 27.9 Å². The predicted octanol–water partition coefficient (Wildman–Crippen LogP) is 4.66. The van der Waals surface area contributed by atoms with Gasteiger partial charge < -0.3 is 10.0 Å². The first-order valence-electron chi connectivity index (χ1n) is 10.2. The van der Waals surface area contributed by atoms with E-state index < -0.39 is 34.7 Å². The summed E-state index contributed by atoms with van der Waals surface area (Å²) in [7, 11) is 0. The Kier molecular flexibility index (Phi) is 5.62. The molecule has 0 radical (unpaired) electrons. The van der Waals surface area contributed by atoms with E-state index in [9.17, 15) is 22.8 Å². The van der Waals surface area contributed by atoms with Gasteiger partial charge in [0.05, 0.1) is 22.9 Å². The zero-order chi connectivity index (χ0) is 24.0. The number of carboxylic acid groups (broad SMARTS) is 1. The van der Waals surface area contributed by atoms with Crippen molar-refractivity contribution in [3.05, 3.63) is 59.2 Å². The zero-order valence-electron chi connectivity index (χ0n) is 17.2. The van der Waals surface area contributed by atoms with Gasteiger partial charge in [-0.3, -0.25) is 14.5 Å². The molecule has 1 amide bonds. The van der Waals surface area contributed by atoms with Crippen molar-refractivity contribution in [2.24, 2.45) is 0 Å². The number of hydrogen-bond acceptors (Lipinski definition) is 4. The summed E-state index contributed by atoms with van der Waals surface area (Å²) in [6, 6.07) is 11.6. The Hall–Kier alpha value is -3.45. The maximum absolute atomic E-state index is 13.5. The van der Waals surface area contributed by atoms with Crippen LogP contribution in [0.2, 0.25) is 0 Å². The second kappa shape index (κ2) is 8.15. The van der Waals surface area contributed by atoms with Gasteiger partial charge in [-0.05, 0) is 73.8 Å². The van der Waals surface area contributed by atoms with Crippen molar-refractivity contribution in [2.45, 2.75) is 43.8 Å². The maximum Gasteiger partial charge on any atom is 0.417 e. The summed E-state index contributed by atoms with van der Waals surface area (Å²) in [4.78, 5) is 27.0. The molecule has 1 spiro atoms. The molecule has 170 valence electrons. The molecule has 1 saturated carbocycles. The number of hydrogen-bond donors (Lipinski definition) is 1. The molecule has 2 aromatic carbocycles. The summed E-state index contributed by atoms with van der Waals surface area (Å²) in [5.74, 6) is -1.30. The Balaban J connectivity index is 1.71. The Labute approximate surface area is 192 Å². The van der Waals surface area contributed by atoms with E-state index in [1.807, 2.05) is 0 Å². The number of amides is 1. The molecule has 0 atom stereocenters. The number of carbonyl (C=O) groups is 2. The summed E-state index contributed by atoms with van der Waals surface area (Å²) < 4.78 is 40.5. The monoisotopic (exact) mass is 473 g/mol. The van der Waals surface area contributed by atoms with Crippen LogP contribution in [0.1, 0.15) is 42.4 Å². The first-order chi connectivity index (χ1) is 15.6. The highest BCUT2D eigenvalue weighted by molar-refractivity contribution is 7.81. The van der Waals surface area contributed by atoms with Gasteiger partial charge in [-0.2, -0.15) is 18.4 Å². The molecule has 33 heavy (non-hydrogen) atoms. The van der Waals surface area contributed by atoms with Gasteiger partial charge in [-0.1, -0.05) is 12.1 Å². The quantitative estimate of drug-likeness (QED) is 0.636. The number of carboxylic acids is 1. The number of rotatable bonds is 5. The molecule has 0 aromatic heterocycles. The van der Waals surface area contributed by atoms with Crippen LogP contribution in [-0.2, 0) is 22.2 Å². The molecular formula is C23H18F3N3O3S. The van der Waals surface area contributed by atoms with Gasteiger partial charge in [0, 0.05) is 12.1 Å². The summed E-state index contributed by atoms with van der Waals surface area (Å²) in [5.41, 5.74) is -1.24. The Morgan fingerprint density at radius 2 is 1.79 bits per heavy atom. The molecular weight excluding hydrogens is 455 g/mol. The van der Waals surface area contributed by atoms with Gasteiger partial charge in [0.2, 0.25) is 0 Å². The lowest BCUT2D eigenvalue weighted by Gasteiger charge is -2.43. The van der Waals surface area contributed by atoms with Crippen molar-refractivity contribution in [2.75, 3.05) is 9.80 Å². The van der Waals surface area contributed by atoms with Crippen LogP contribution in [0.4, 0.5) is 24.5 Å². The third kappa shape index (κ3) is 3.82. The van der Waals surface area contributed by atoms with E-state index >= 15 is 0 Å². The number of nitriles is 1.